The summed E-state index contributed by atoms with van der Waals surface area (Å²) in [6, 6.07) is 5.03. The zero-order valence-corrected chi connectivity index (χ0v) is 19.9. The summed E-state index contributed by atoms with van der Waals surface area (Å²) in [6.07, 6.45) is 2.62. The molecule has 3 rings (SSSR count). The second kappa shape index (κ2) is 10.8. The number of hydrogen-bond acceptors (Lipinski definition) is 7. The Hall–Kier alpha value is -2.58. The van der Waals surface area contributed by atoms with E-state index in [0.717, 1.165) is 41.7 Å². The van der Waals surface area contributed by atoms with Gasteiger partial charge in [-0.15, -0.1) is 11.3 Å². The van der Waals surface area contributed by atoms with E-state index in [4.69, 9.17) is 25.8 Å². The highest BCUT2D eigenvalue weighted by Gasteiger charge is 2.28. The fourth-order valence-corrected chi connectivity index (χ4v) is 4.82. The van der Waals surface area contributed by atoms with Gasteiger partial charge in [0.25, 0.3) is 5.91 Å². The number of anilines is 1. The molecule has 1 atom stereocenters. The Bertz CT molecular complexity index is 1020. The summed E-state index contributed by atoms with van der Waals surface area (Å²) in [5.74, 6) is -1.18. The van der Waals surface area contributed by atoms with E-state index in [9.17, 15) is 14.4 Å². The summed E-state index contributed by atoms with van der Waals surface area (Å²) < 4.78 is 15.8. The average molecular weight is 480 g/mol. The second-order valence-electron chi connectivity index (χ2n) is 7.46. The first kappa shape index (κ1) is 24.1. The maximum atomic E-state index is 12.7. The quantitative estimate of drug-likeness (QED) is 0.551. The number of halogens is 1. The molecular formula is C23H26ClNO6S. The molecule has 0 unspecified atom stereocenters. The zero-order valence-electron chi connectivity index (χ0n) is 18.3. The lowest BCUT2D eigenvalue weighted by molar-refractivity contribution is -0.155. The van der Waals surface area contributed by atoms with Crippen LogP contribution in [0.2, 0.25) is 5.02 Å². The van der Waals surface area contributed by atoms with Crippen molar-refractivity contribution in [2.45, 2.75) is 52.6 Å². The number of hydrogen-bond donors (Lipinski definition) is 1. The Morgan fingerprint density at radius 2 is 1.97 bits per heavy atom. The van der Waals surface area contributed by atoms with Crippen molar-refractivity contribution in [3.8, 4) is 5.75 Å². The van der Waals surface area contributed by atoms with Crippen molar-refractivity contribution < 1.29 is 28.6 Å². The molecule has 2 aromatic rings. The van der Waals surface area contributed by atoms with Gasteiger partial charge in [-0.2, -0.15) is 0 Å². The molecule has 1 amide bonds. The van der Waals surface area contributed by atoms with Crippen LogP contribution >= 0.6 is 22.9 Å². The number of rotatable bonds is 8. The third kappa shape index (κ3) is 5.81. The molecule has 0 bridgehead atoms. The number of esters is 2. The molecule has 7 nitrogen and oxygen atoms in total. The molecule has 1 aromatic heterocycles. The van der Waals surface area contributed by atoms with Crippen molar-refractivity contribution in [3.05, 3.63) is 44.8 Å². The van der Waals surface area contributed by atoms with Crippen molar-refractivity contribution in [2.24, 2.45) is 0 Å². The van der Waals surface area contributed by atoms with Gasteiger partial charge in [-0.25, -0.2) is 9.59 Å². The van der Waals surface area contributed by atoms with Crippen LogP contribution in [0.1, 0.15) is 53.1 Å². The van der Waals surface area contributed by atoms with Gasteiger partial charge in [0, 0.05) is 9.90 Å². The summed E-state index contributed by atoms with van der Waals surface area (Å²) in [5, 5.41) is 3.79. The van der Waals surface area contributed by atoms with Gasteiger partial charge >= 0.3 is 11.9 Å². The first-order valence-corrected chi connectivity index (χ1v) is 11.7. The van der Waals surface area contributed by atoms with Crippen molar-refractivity contribution >= 4 is 45.8 Å². The van der Waals surface area contributed by atoms with Crippen LogP contribution in [0, 0.1) is 6.92 Å². The van der Waals surface area contributed by atoms with Crippen LogP contribution in [-0.2, 0) is 31.9 Å². The van der Waals surface area contributed by atoms with E-state index in [-0.39, 0.29) is 13.2 Å². The number of ether oxygens (including phenoxy) is 3. The first-order valence-electron chi connectivity index (χ1n) is 10.5. The van der Waals surface area contributed by atoms with Crippen molar-refractivity contribution in [2.75, 3.05) is 18.5 Å². The number of amides is 1. The fraction of sp³-hybridized carbons (Fsp3) is 0.435. The van der Waals surface area contributed by atoms with E-state index in [2.05, 4.69) is 5.32 Å². The molecule has 0 fully saturated rings. The van der Waals surface area contributed by atoms with Gasteiger partial charge in [0.1, 0.15) is 10.8 Å². The summed E-state index contributed by atoms with van der Waals surface area (Å²) in [4.78, 5) is 38.4. The Kier molecular flexibility index (Phi) is 8.15. The average Bonchev–Trinajstić information content (AvgIpc) is 3.12. The Labute approximate surface area is 196 Å². The van der Waals surface area contributed by atoms with Crippen LogP contribution in [0.3, 0.4) is 0 Å². The standard InChI is InChI=1S/C23H26ClNO6S/c1-4-29-23(28)20-16-7-5-6-8-18(16)32-22(20)25-21(27)14(3)31-19(26)12-30-15-9-10-17(24)13(2)11-15/h9-11,14H,4-8,12H2,1-3H3,(H,25,27)/t14-/m1/s1. The van der Waals surface area contributed by atoms with Gasteiger partial charge in [-0.3, -0.25) is 4.79 Å². The van der Waals surface area contributed by atoms with Gasteiger partial charge in [0.05, 0.1) is 12.2 Å². The highest BCUT2D eigenvalue weighted by molar-refractivity contribution is 7.17. The van der Waals surface area contributed by atoms with Crippen molar-refractivity contribution in [3.63, 3.8) is 0 Å². The van der Waals surface area contributed by atoms with Crippen LogP contribution in [0.5, 0.6) is 5.75 Å². The summed E-state index contributed by atoms with van der Waals surface area (Å²) in [7, 11) is 0. The molecule has 32 heavy (non-hydrogen) atoms. The lowest BCUT2D eigenvalue weighted by atomic mass is 9.95. The summed E-state index contributed by atoms with van der Waals surface area (Å²) in [6.45, 7) is 4.94. The fourth-order valence-electron chi connectivity index (χ4n) is 3.42. The normalized spacial score (nSPS) is 13.6. The van der Waals surface area contributed by atoms with Crippen molar-refractivity contribution in [1.29, 1.82) is 0 Å². The van der Waals surface area contributed by atoms with Crippen LogP contribution in [0.4, 0.5) is 5.00 Å². The van der Waals surface area contributed by atoms with E-state index in [1.807, 2.05) is 6.92 Å². The topological polar surface area (TPSA) is 90.9 Å². The maximum Gasteiger partial charge on any atom is 0.344 e. The van der Waals surface area contributed by atoms with Crippen LogP contribution in [0.15, 0.2) is 18.2 Å². The number of aryl methyl sites for hydroxylation is 2. The summed E-state index contributed by atoms with van der Waals surface area (Å²) in [5.41, 5.74) is 2.19. The number of carbonyl (C=O) groups is 3. The molecular weight excluding hydrogens is 454 g/mol. The maximum absolute atomic E-state index is 12.7. The van der Waals surface area contributed by atoms with E-state index in [1.165, 1.54) is 18.3 Å². The largest absolute Gasteiger partial charge is 0.482 e. The summed E-state index contributed by atoms with van der Waals surface area (Å²) >= 11 is 7.36. The molecule has 1 N–H and O–H groups in total. The van der Waals surface area contributed by atoms with E-state index in [1.54, 1.807) is 25.1 Å². The highest BCUT2D eigenvalue weighted by Crippen LogP contribution is 2.38. The van der Waals surface area contributed by atoms with Gasteiger partial charge in [-0.1, -0.05) is 11.6 Å². The molecule has 0 saturated carbocycles. The molecule has 0 aliphatic heterocycles. The van der Waals surface area contributed by atoms with Crippen LogP contribution in [-0.4, -0.2) is 37.2 Å². The number of benzene rings is 1. The van der Waals surface area contributed by atoms with Gasteiger partial charge in [0.2, 0.25) is 0 Å². The minimum absolute atomic E-state index is 0.248. The third-order valence-corrected chi connectivity index (χ3v) is 6.68. The zero-order chi connectivity index (χ0) is 23.3. The molecule has 1 aromatic carbocycles. The number of carbonyl (C=O) groups excluding carboxylic acids is 3. The van der Waals surface area contributed by atoms with E-state index in [0.29, 0.717) is 21.3 Å². The molecule has 0 radical (unpaired) electrons. The van der Waals surface area contributed by atoms with E-state index >= 15 is 0 Å². The molecule has 0 spiro atoms. The first-order chi connectivity index (χ1) is 15.3. The molecule has 1 heterocycles. The lowest BCUT2D eigenvalue weighted by Gasteiger charge is -2.15. The molecule has 0 saturated heterocycles. The highest BCUT2D eigenvalue weighted by atomic mass is 35.5. The third-order valence-electron chi connectivity index (χ3n) is 5.05. The van der Waals surface area contributed by atoms with Crippen LogP contribution in [0.25, 0.3) is 0 Å². The molecule has 172 valence electrons. The number of thiophene rings is 1. The Morgan fingerprint density at radius 3 is 2.69 bits per heavy atom. The molecule has 9 heteroatoms. The van der Waals surface area contributed by atoms with Crippen molar-refractivity contribution in [1.82, 2.24) is 0 Å². The predicted octanol–water partition coefficient (Wildman–Crippen LogP) is 4.71. The van der Waals surface area contributed by atoms with Gasteiger partial charge < -0.3 is 19.5 Å². The predicted molar refractivity (Wildman–Crippen MR) is 123 cm³/mol. The Balaban J connectivity index is 1.61. The molecule has 1 aliphatic rings. The van der Waals surface area contributed by atoms with E-state index < -0.39 is 23.9 Å². The Morgan fingerprint density at radius 1 is 1.22 bits per heavy atom. The minimum Gasteiger partial charge on any atom is -0.482 e. The van der Waals surface area contributed by atoms with Crippen LogP contribution < -0.4 is 10.1 Å². The smallest absolute Gasteiger partial charge is 0.344 e. The minimum atomic E-state index is -1.06. The molecule has 1 aliphatic carbocycles. The van der Waals surface area contributed by atoms with Gasteiger partial charge in [-0.05, 0) is 75.8 Å². The lowest BCUT2D eigenvalue weighted by Crippen LogP contribution is -2.32. The van der Waals surface area contributed by atoms with Gasteiger partial charge in [0.15, 0.2) is 12.7 Å². The SMILES string of the molecule is CCOC(=O)c1c(NC(=O)[C@@H](C)OC(=O)COc2ccc(Cl)c(C)c2)sc2c1CCCC2. The monoisotopic (exact) mass is 479 g/mol. The second-order valence-corrected chi connectivity index (χ2v) is 8.97. The number of nitrogens with one attached hydrogen (secondary N) is 1. The number of fused-ring (bicyclic) bond motifs is 1.